The molecule has 2 N–H and O–H groups in total. The molecule has 2 rings (SSSR count). The molecule has 4 unspecified atom stereocenters. The van der Waals surface area contributed by atoms with Crippen molar-refractivity contribution in [3.63, 3.8) is 0 Å². The summed E-state index contributed by atoms with van der Waals surface area (Å²) in [7, 11) is 0. The Balaban J connectivity index is 1.65. The van der Waals surface area contributed by atoms with Crippen LogP contribution in [0.5, 0.6) is 0 Å². The van der Waals surface area contributed by atoms with Gasteiger partial charge in [-0.05, 0) is 50.9 Å². The number of rotatable bonds is 5. The van der Waals surface area contributed by atoms with E-state index in [1.165, 1.54) is 19.3 Å². The van der Waals surface area contributed by atoms with E-state index in [2.05, 4.69) is 5.32 Å². The maximum absolute atomic E-state index is 11.9. The first-order chi connectivity index (χ1) is 7.66. The van der Waals surface area contributed by atoms with Crippen LogP contribution in [-0.2, 0) is 4.79 Å². The van der Waals surface area contributed by atoms with Crippen LogP contribution in [0.25, 0.3) is 0 Å². The van der Waals surface area contributed by atoms with Crippen LogP contribution in [0.1, 0.15) is 45.4 Å². The summed E-state index contributed by atoms with van der Waals surface area (Å²) in [5.74, 6) is 2.06. The fraction of sp³-hybridized carbons (Fsp3) is 0.923. The second-order valence-corrected chi connectivity index (χ2v) is 5.56. The standard InChI is InChI=1S/C13H23NO2/c1-9(15)3-2-6-14-13(16)12-8-10-4-5-11(12)7-10/h9-12,15H,2-8H2,1H3,(H,14,16). The Morgan fingerprint density at radius 3 is 2.81 bits per heavy atom. The van der Waals surface area contributed by atoms with Gasteiger partial charge in [0.2, 0.25) is 5.91 Å². The molecule has 0 spiro atoms. The van der Waals surface area contributed by atoms with Crippen LogP contribution in [-0.4, -0.2) is 23.7 Å². The normalized spacial score (nSPS) is 34.0. The minimum atomic E-state index is -0.251. The minimum Gasteiger partial charge on any atom is -0.393 e. The molecule has 4 atom stereocenters. The van der Waals surface area contributed by atoms with Crippen molar-refractivity contribution in [2.75, 3.05) is 6.54 Å². The molecule has 2 aliphatic rings. The number of carbonyl (C=O) groups excluding carboxylic acids is 1. The third kappa shape index (κ3) is 2.76. The van der Waals surface area contributed by atoms with Crippen molar-refractivity contribution in [1.29, 1.82) is 0 Å². The van der Waals surface area contributed by atoms with Crippen LogP contribution in [0.15, 0.2) is 0 Å². The molecule has 0 heterocycles. The third-order valence-electron chi connectivity index (χ3n) is 4.17. The predicted molar refractivity (Wildman–Crippen MR) is 62.9 cm³/mol. The first-order valence-corrected chi connectivity index (χ1v) is 6.62. The average Bonchev–Trinajstić information content (AvgIpc) is 2.85. The highest BCUT2D eigenvalue weighted by Gasteiger charge is 2.42. The molecule has 0 radical (unpaired) electrons. The Morgan fingerprint density at radius 2 is 2.25 bits per heavy atom. The molecule has 2 saturated carbocycles. The van der Waals surface area contributed by atoms with Gasteiger partial charge < -0.3 is 10.4 Å². The van der Waals surface area contributed by atoms with Gasteiger partial charge in [-0.1, -0.05) is 6.42 Å². The molecule has 2 aliphatic carbocycles. The van der Waals surface area contributed by atoms with E-state index >= 15 is 0 Å². The van der Waals surface area contributed by atoms with Crippen LogP contribution in [0.4, 0.5) is 0 Å². The van der Waals surface area contributed by atoms with E-state index in [1.54, 1.807) is 6.92 Å². The monoisotopic (exact) mass is 225 g/mol. The predicted octanol–water partition coefficient (Wildman–Crippen LogP) is 1.70. The summed E-state index contributed by atoms with van der Waals surface area (Å²) in [5, 5.41) is 12.1. The first-order valence-electron chi connectivity index (χ1n) is 6.62. The van der Waals surface area contributed by atoms with Crippen molar-refractivity contribution >= 4 is 5.91 Å². The Kier molecular flexibility index (Phi) is 3.85. The molecule has 0 saturated heterocycles. The zero-order valence-electron chi connectivity index (χ0n) is 10.1. The molecule has 92 valence electrons. The number of amides is 1. The summed E-state index contributed by atoms with van der Waals surface area (Å²) in [6.07, 6.45) is 6.41. The van der Waals surface area contributed by atoms with Crippen LogP contribution < -0.4 is 5.32 Å². The van der Waals surface area contributed by atoms with E-state index < -0.39 is 0 Å². The van der Waals surface area contributed by atoms with Crippen LogP contribution in [0, 0.1) is 17.8 Å². The van der Waals surface area contributed by atoms with Gasteiger partial charge in [0, 0.05) is 12.5 Å². The lowest BCUT2D eigenvalue weighted by atomic mass is 9.88. The van der Waals surface area contributed by atoms with Gasteiger partial charge in [0.05, 0.1) is 6.10 Å². The summed E-state index contributed by atoms with van der Waals surface area (Å²) in [5.41, 5.74) is 0. The van der Waals surface area contributed by atoms with Gasteiger partial charge >= 0.3 is 0 Å². The Hall–Kier alpha value is -0.570. The van der Waals surface area contributed by atoms with Crippen LogP contribution >= 0.6 is 0 Å². The summed E-state index contributed by atoms with van der Waals surface area (Å²) in [4.78, 5) is 11.9. The topological polar surface area (TPSA) is 49.3 Å². The zero-order chi connectivity index (χ0) is 11.5. The highest BCUT2D eigenvalue weighted by molar-refractivity contribution is 5.79. The van der Waals surface area contributed by atoms with E-state index in [0.29, 0.717) is 11.8 Å². The summed E-state index contributed by atoms with van der Waals surface area (Å²) < 4.78 is 0. The van der Waals surface area contributed by atoms with Crippen molar-refractivity contribution in [3.05, 3.63) is 0 Å². The van der Waals surface area contributed by atoms with Crippen molar-refractivity contribution in [1.82, 2.24) is 5.32 Å². The molecule has 0 aliphatic heterocycles. The largest absolute Gasteiger partial charge is 0.393 e. The second-order valence-electron chi connectivity index (χ2n) is 5.56. The molecule has 3 heteroatoms. The van der Waals surface area contributed by atoms with Crippen LogP contribution in [0.2, 0.25) is 0 Å². The SMILES string of the molecule is CC(O)CCCNC(=O)C1CC2CCC1C2. The Bertz CT molecular complexity index is 252. The van der Waals surface area contributed by atoms with E-state index in [0.717, 1.165) is 31.7 Å². The maximum atomic E-state index is 11.9. The van der Waals surface area contributed by atoms with Gasteiger partial charge in [0.1, 0.15) is 0 Å². The lowest BCUT2D eigenvalue weighted by Crippen LogP contribution is -2.34. The zero-order valence-corrected chi connectivity index (χ0v) is 10.1. The number of aliphatic hydroxyl groups excluding tert-OH is 1. The molecule has 16 heavy (non-hydrogen) atoms. The number of nitrogens with one attached hydrogen (secondary N) is 1. The molecule has 1 amide bonds. The molecular weight excluding hydrogens is 202 g/mol. The van der Waals surface area contributed by atoms with Crippen molar-refractivity contribution in [3.8, 4) is 0 Å². The van der Waals surface area contributed by atoms with E-state index in [4.69, 9.17) is 5.11 Å². The maximum Gasteiger partial charge on any atom is 0.223 e. The van der Waals surface area contributed by atoms with Crippen molar-refractivity contribution < 1.29 is 9.90 Å². The van der Waals surface area contributed by atoms with Crippen molar-refractivity contribution in [2.24, 2.45) is 17.8 Å². The quantitative estimate of drug-likeness (QED) is 0.700. The highest BCUT2D eigenvalue weighted by Crippen LogP contribution is 2.48. The lowest BCUT2D eigenvalue weighted by Gasteiger charge is -2.20. The Labute approximate surface area is 97.6 Å². The van der Waals surface area contributed by atoms with Crippen LogP contribution in [0.3, 0.4) is 0 Å². The van der Waals surface area contributed by atoms with Gasteiger partial charge in [-0.3, -0.25) is 4.79 Å². The fourth-order valence-corrected chi connectivity index (χ4v) is 3.31. The number of fused-ring (bicyclic) bond motifs is 2. The third-order valence-corrected chi connectivity index (χ3v) is 4.17. The van der Waals surface area contributed by atoms with E-state index in [-0.39, 0.29) is 12.0 Å². The molecule has 0 aromatic heterocycles. The first kappa shape index (κ1) is 11.9. The molecule has 2 bridgehead atoms. The Morgan fingerprint density at radius 1 is 1.44 bits per heavy atom. The van der Waals surface area contributed by atoms with Gasteiger partial charge in [-0.2, -0.15) is 0 Å². The highest BCUT2D eigenvalue weighted by atomic mass is 16.3. The van der Waals surface area contributed by atoms with Gasteiger partial charge in [-0.15, -0.1) is 0 Å². The molecule has 0 aromatic rings. The molecule has 2 fully saturated rings. The summed E-state index contributed by atoms with van der Waals surface area (Å²) in [6.45, 7) is 2.51. The average molecular weight is 225 g/mol. The lowest BCUT2D eigenvalue weighted by molar-refractivity contribution is -0.126. The number of hydrogen-bond donors (Lipinski definition) is 2. The molecule has 3 nitrogen and oxygen atoms in total. The van der Waals surface area contributed by atoms with E-state index in [1.807, 2.05) is 0 Å². The van der Waals surface area contributed by atoms with Gasteiger partial charge in [0.15, 0.2) is 0 Å². The molecule has 0 aromatic carbocycles. The fourth-order valence-electron chi connectivity index (χ4n) is 3.31. The van der Waals surface area contributed by atoms with Gasteiger partial charge in [0.25, 0.3) is 0 Å². The number of hydrogen-bond acceptors (Lipinski definition) is 2. The smallest absolute Gasteiger partial charge is 0.223 e. The minimum absolute atomic E-state index is 0.251. The number of aliphatic hydroxyl groups is 1. The summed E-state index contributed by atoms with van der Waals surface area (Å²) >= 11 is 0. The molecular formula is C13H23NO2. The number of carbonyl (C=O) groups is 1. The summed E-state index contributed by atoms with van der Waals surface area (Å²) in [6, 6.07) is 0. The van der Waals surface area contributed by atoms with Crippen molar-refractivity contribution in [2.45, 2.75) is 51.6 Å². The van der Waals surface area contributed by atoms with E-state index in [9.17, 15) is 4.79 Å². The van der Waals surface area contributed by atoms with Gasteiger partial charge in [-0.25, -0.2) is 0 Å². The second kappa shape index (κ2) is 5.17.